The van der Waals surface area contributed by atoms with E-state index < -0.39 is 6.10 Å². The Kier molecular flexibility index (Phi) is 8.42. The molecule has 0 aromatic rings. The van der Waals surface area contributed by atoms with Gasteiger partial charge < -0.3 is 9.84 Å². The molecule has 0 spiro atoms. The molecule has 0 radical (unpaired) electrons. The van der Waals surface area contributed by atoms with Gasteiger partial charge in [-0.2, -0.15) is 0 Å². The Morgan fingerprint density at radius 3 is 2.47 bits per heavy atom. The summed E-state index contributed by atoms with van der Waals surface area (Å²) in [5.74, 6) is -0.353. The summed E-state index contributed by atoms with van der Waals surface area (Å²) >= 11 is 0. The zero-order valence-corrected chi connectivity index (χ0v) is 11.3. The summed E-state index contributed by atoms with van der Waals surface area (Å²) in [4.78, 5) is 11.1. The van der Waals surface area contributed by atoms with Crippen LogP contribution in [0, 0.1) is 0 Å². The molecule has 3 heteroatoms. The van der Waals surface area contributed by atoms with Gasteiger partial charge in [0.05, 0.1) is 12.5 Å². The van der Waals surface area contributed by atoms with Crippen molar-refractivity contribution in [1.29, 1.82) is 0 Å². The van der Waals surface area contributed by atoms with Crippen LogP contribution in [-0.4, -0.2) is 23.8 Å². The molecular formula is C14H24O3. The molecule has 0 fully saturated rings. The molecule has 0 aliphatic heterocycles. The van der Waals surface area contributed by atoms with E-state index in [1.165, 1.54) is 11.1 Å². The average molecular weight is 240 g/mol. The van der Waals surface area contributed by atoms with Crippen LogP contribution < -0.4 is 0 Å². The molecule has 0 heterocycles. The van der Waals surface area contributed by atoms with E-state index in [0.717, 1.165) is 12.8 Å². The van der Waals surface area contributed by atoms with E-state index in [-0.39, 0.29) is 12.4 Å². The second-order valence-corrected chi connectivity index (χ2v) is 4.61. The summed E-state index contributed by atoms with van der Waals surface area (Å²) in [5.41, 5.74) is 2.54. The second kappa shape index (κ2) is 8.99. The lowest BCUT2D eigenvalue weighted by Crippen LogP contribution is -2.12. The lowest BCUT2D eigenvalue weighted by atomic mass is 10.1. The number of carbonyl (C=O) groups excluding carboxylic acids is 1. The number of aliphatic hydroxyl groups is 1. The summed E-state index contributed by atoms with van der Waals surface area (Å²) in [6.45, 7) is 8.06. The number of hydrogen-bond donors (Lipinski definition) is 1. The topological polar surface area (TPSA) is 46.5 Å². The molecule has 3 nitrogen and oxygen atoms in total. The Labute approximate surface area is 104 Å². The van der Waals surface area contributed by atoms with Crippen LogP contribution in [0.1, 0.15) is 47.0 Å². The van der Waals surface area contributed by atoms with Gasteiger partial charge in [-0.25, -0.2) is 0 Å². The summed E-state index contributed by atoms with van der Waals surface area (Å²) in [6.07, 6.45) is 5.54. The largest absolute Gasteiger partial charge is 0.461 e. The van der Waals surface area contributed by atoms with Gasteiger partial charge in [0.25, 0.3) is 0 Å². The first-order valence-corrected chi connectivity index (χ1v) is 6.04. The van der Waals surface area contributed by atoms with Gasteiger partial charge in [-0.05, 0) is 46.6 Å². The molecular weight excluding hydrogens is 216 g/mol. The standard InChI is InChI=1S/C14H24O3/c1-11(2)6-5-7-12(3)8-9-17-14(16)10-13(4)15/h6,8,13,15H,5,7,9-10H2,1-4H3/b12-8+/t13-/m1/s1. The van der Waals surface area contributed by atoms with Crippen molar-refractivity contribution in [2.75, 3.05) is 6.61 Å². The first-order valence-electron chi connectivity index (χ1n) is 6.04. The van der Waals surface area contributed by atoms with E-state index in [9.17, 15) is 4.79 Å². The van der Waals surface area contributed by atoms with Gasteiger partial charge in [-0.15, -0.1) is 0 Å². The predicted molar refractivity (Wildman–Crippen MR) is 69.7 cm³/mol. The van der Waals surface area contributed by atoms with Gasteiger partial charge in [0.15, 0.2) is 0 Å². The fourth-order valence-corrected chi connectivity index (χ4v) is 1.27. The lowest BCUT2D eigenvalue weighted by molar-refractivity contribution is -0.144. The highest BCUT2D eigenvalue weighted by molar-refractivity contribution is 5.69. The maximum atomic E-state index is 11.1. The van der Waals surface area contributed by atoms with Gasteiger partial charge in [-0.3, -0.25) is 4.79 Å². The SMILES string of the molecule is CC(C)=CCC/C(C)=C/COC(=O)C[C@@H](C)O. The van der Waals surface area contributed by atoms with Crippen LogP contribution in [0.4, 0.5) is 0 Å². The fourth-order valence-electron chi connectivity index (χ4n) is 1.27. The third kappa shape index (κ3) is 11.2. The smallest absolute Gasteiger partial charge is 0.308 e. The maximum Gasteiger partial charge on any atom is 0.308 e. The first kappa shape index (κ1) is 15.9. The average Bonchev–Trinajstić information content (AvgIpc) is 2.15. The van der Waals surface area contributed by atoms with E-state index in [1.807, 2.05) is 13.0 Å². The number of carbonyl (C=O) groups is 1. The number of esters is 1. The number of ether oxygens (including phenoxy) is 1. The van der Waals surface area contributed by atoms with Crippen molar-refractivity contribution in [3.63, 3.8) is 0 Å². The highest BCUT2D eigenvalue weighted by atomic mass is 16.5. The van der Waals surface area contributed by atoms with Gasteiger partial charge in [0, 0.05) is 0 Å². The van der Waals surface area contributed by atoms with Crippen LogP contribution in [-0.2, 0) is 9.53 Å². The summed E-state index contributed by atoms with van der Waals surface area (Å²) in [7, 11) is 0. The Hall–Kier alpha value is -1.09. The van der Waals surface area contributed by atoms with E-state index in [2.05, 4.69) is 19.9 Å². The molecule has 98 valence electrons. The minimum atomic E-state index is -0.634. The fraction of sp³-hybridized carbons (Fsp3) is 0.643. The molecule has 17 heavy (non-hydrogen) atoms. The van der Waals surface area contributed by atoms with Crippen molar-refractivity contribution in [1.82, 2.24) is 0 Å². The normalized spacial score (nSPS) is 13.1. The molecule has 1 N–H and O–H groups in total. The molecule has 0 amide bonds. The minimum absolute atomic E-state index is 0.0602. The second-order valence-electron chi connectivity index (χ2n) is 4.61. The Morgan fingerprint density at radius 1 is 1.29 bits per heavy atom. The number of hydrogen-bond acceptors (Lipinski definition) is 3. The maximum absolute atomic E-state index is 11.1. The summed E-state index contributed by atoms with van der Waals surface area (Å²) in [5, 5.41) is 8.98. The van der Waals surface area contributed by atoms with Crippen LogP contribution in [0.15, 0.2) is 23.3 Å². The third-order valence-electron chi connectivity index (χ3n) is 2.23. The van der Waals surface area contributed by atoms with E-state index in [0.29, 0.717) is 6.61 Å². The molecule has 0 saturated heterocycles. The molecule has 1 atom stereocenters. The molecule has 0 rings (SSSR count). The number of rotatable bonds is 7. The van der Waals surface area contributed by atoms with E-state index in [1.54, 1.807) is 6.92 Å². The first-order chi connectivity index (χ1) is 7.91. The van der Waals surface area contributed by atoms with Gasteiger partial charge >= 0.3 is 5.97 Å². The molecule has 0 aliphatic rings. The minimum Gasteiger partial charge on any atom is -0.461 e. The Morgan fingerprint density at radius 2 is 1.94 bits per heavy atom. The van der Waals surface area contributed by atoms with E-state index >= 15 is 0 Å². The summed E-state index contributed by atoms with van der Waals surface area (Å²) < 4.78 is 4.96. The van der Waals surface area contributed by atoms with Crippen molar-refractivity contribution < 1.29 is 14.6 Å². The van der Waals surface area contributed by atoms with E-state index in [4.69, 9.17) is 9.84 Å². The van der Waals surface area contributed by atoms with Crippen molar-refractivity contribution in [2.24, 2.45) is 0 Å². The van der Waals surface area contributed by atoms with Gasteiger partial charge in [-0.1, -0.05) is 17.2 Å². The monoisotopic (exact) mass is 240 g/mol. The quantitative estimate of drug-likeness (QED) is 0.549. The molecule has 0 unspecified atom stereocenters. The van der Waals surface area contributed by atoms with Crippen LogP contribution in [0.5, 0.6) is 0 Å². The number of allylic oxidation sites excluding steroid dienone is 3. The van der Waals surface area contributed by atoms with Crippen molar-refractivity contribution in [3.8, 4) is 0 Å². The van der Waals surface area contributed by atoms with Gasteiger partial charge in [0.1, 0.15) is 6.61 Å². The third-order valence-corrected chi connectivity index (χ3v) is 2.23. The zero-order chi connectivity index (χ0) is 13.3. The predicted octanol–water partition coefficient (Wildman–Crippen LogP) is 2.99. The Balaban J connectivity index is 3.76. The highest BCUT2D eigenvalue weighted by Crippen LogP contribution is 2.06. The highest BCUT2D eigenvalue weighted by Gasteiger charge is 2.05. The Bertz CT molecular complexity index is 284. The van der Waals surface area contributed by atoms with Crippen LogP contribution >= 0.6 is 0 Å². The lowest BCUT2D eigenvalue weighted by Gasteiger charge is -2.04. The zero-order valence-electron chi connectivity index (χ0n) is 11.3. The van der Waals surface area contributed by atoms with Crippen molar-refractivity contribution >= 4 is 5.97 Å². The van der Waals surface area contributed by atoms with Crippen molar-refractivity contribution in [3.05, 3.63) is 23.3 Å². The molecule has 0 bridgehead atoms. The van der Waals surface area contributed by atoms with Crippen LogP contribution in [0.2, 0.25) is 0 Å². The van der Waals surface area contributed by atoms with Crippen molar-refractivity contribution in [2.45, 2.75) is 53.1 Å². The molecule has 0 aromatic carbocycles. The molecule has 0 aromatic heterocycles. The summed E-state index contributed by atoms with van der Waals surface area (Å²) in [6, 6.07) is 0. The van der Waals surface area contributed by atoms with Crippen LogP contribution in [0.3, 0.4) is 0 Å². The van der Waals surface area contributed by atoms with Gasteiger partial charge in [0.2, 0.25) is 0 Å². The molecule has 0 aliphatic carbocycles. The number of aliphatic hydroxyl groups excluding tert-OH is 1. The van der Waals surface area contributed by atoms with Crippen LogP contribution in [0.25, 0.3) is 0 Å². The molecule has 0 saturated carbocycles.